The molecule has 0 amide bonds. The van der Waals surface area contributed by atoms with Crippen molar-refractivity contribution in [3.05, 3.63) is 35.9 Å². The topological polar surface area (TPSA) is 43.7 Å². The first-order valence-electron chi connectivity index (χ1n) is 8.08. The van der Waals surface area contributed by atoms with Crippen LogP contribution in [0.2, 0.25) is 0 Å². The SMILES string of the molecule is C=CCN1CCC[C@@H]2Cc3c(ccc(O)c3O)CC21.CC. The van der Waals surface area contributed by atoms with Gasteiger partial charge in [-0.25, -0.2) is 0 Å². The molecule has 0 saturated carbocycles. The number of fused-ring (bicyclic) bond motifs is 2. The summed E-state index contributed by atoms with van der Waals surface area (Å²) in [6.45, 7) is 9.94. The van der Waals surface area contributed by atoms with Gasteiger partial charge in [-0.3, -0.25) is 4.90 Å². The van der Waals surface area contributed by atoms with Crippen LogP contribution in [0.3, 0.4) is 0 Å². The molecule has 1 aromatic carbocycles. The second-order valence-corrected chi connectivity index (χ2v) is 5.73. The summed E-state index contributed by atoms with van der Waals surface area (Å²) < 4.78 is 0. The second-order valence-electron chi connectivity index (χ2n) is 5.73. The Hall–Kier alpha value is -1.48. The third-order valence-electron chi connectivity index (χ3n) is 4.65. The smallest absolute Gasteiger partial charge is 0.160 e. The Balaban J connectivity index is 0.000000774. The van der Waals surface area contributed by atoms with Crippen molar-refractivity contribution in [2.75, 3.05) is 13.1 Å². The summed E-state index contributed by atoms with van der Waals surface area (Å²) in [7, 11) is 0. The number of aromatic hydroxyl groups is 2. The average Bonchev–Trinajstić information content (AvgIpc) is 2.52. The molecule has 2 aliphatic rings. The Morgan fingerprint density at radius 1 is 1.29 bits per heavy atom. The molecule has 116 valence electrons. The maximum absolute atomic E-state index is 10.0. The van der Waals surface area contributed by atoms with Crippen molar-refractivity contribution in [3.8, 4) is 11.5 Å². The normalized spacial score (nSPS) is 24.3. The van der Waals surface area contributed by atoms with E-state index >= 15 is 0 Å². The molecule has 0 aromatic heterocycles. The van der Waals surface area contributed by atoms with E-state index in [2.05, 4.69) is 11.5 Å². The van der Waals surface area contributed by atoms with Crippen LogP contribution < -0.4 is 0 Å². The third-order valence-corrected chi connectivity index (χ3v) is 4.65. The van der Waals surface area contributed by atoms with Crippen LogP contribution in [0.5, 0.6) is 11.5 Å². The van der Waals surface area contributed by atoms with Crippen molar-refractivity contribution >= 4 is 0 Å². The lowest BCUT2D eigenvalue weighted by molar-refractivity contribution is 0.0965. The van der Waals surface area contributed by atoms with Gasteiger partial charge < -0.3 is 10.2 Å². The van der Waals surface area contributed by atoms with Crippen molar-refractivity contribution in [3.63, 3.8) is 0 Å². The molecule has 2 atom stereocenters. The van der Waals surface area contributed by atoms with Gasteiger partial charge in [0.05, 0.1) is 0 Å². The number of phenols is 2. The molecule has 1 fully saturated rings. The highest BCUT2D eigenvalue weighted by Crippen LogP contribution is 2.41. The molecule has 1 saturated heterocycles. The molecule has 1 aromatic rings. The maximum atomic E-state index is 10.0. The number of hydrogen-bond acceptors (Lipinski definition) is 3. The molecule has 0 bridgehead atoms. The van der Waals surface area contributed by atoms with E-state index < -0.39 is 0 Å². The Bertz CT molecular complexity index is 498. The van der Waals surface area contributed by atoms with Gasteiger partial charge in [-0.15, -0.1) is 6.58 Å². The molecule has 3 rings (SSSR count). The molecule has 1 aliphatic heterocycles. The monoisotopic (exact) mass is 289 g/mol. The summed E-state index contributed by atoms with van der Waals surface area (Å²) in [6, 6.07) is 4.12. The molecule has 3 nitrogen and oxygen atoms in total. The number of nitrogens with zero attached hydrogens (tertiary/aromatic N) is 1. The predicted molar refractivity (Wildman–Crippen MR) is 86.8 cm³/mol. The van der Waals surface area contributed by atoms with E-state index in [1.165, 1.54) is 18.4 Å². The minimum absolute atomic E-state index is 0.0101. The molecule has 1 heterocycles. The fourth-order valence-corrected chi connectivity index (χ4v) is 3.71. The van der Waals surface area contributed by atoms with Crippen LogP contribution in [0.4, 0.5) is 0 Å². The Labute approximate surface area is 127 Å². The zero-order chi connectivity index (χ0) is 15.4. The maximum Gasteiger partial charge on any atom is 0.160 e. The molecule has 21 heavy (non-hydrogen) atoms. The summed E-state index contributed by atoms with van der Waals surface area (Å²) in [5.41, 5.74) is 2.15. The van der Waals surface area contributed by atoms with Crippen molar-refractivity contribution in [1.82, 2.24) is 4.90 Å². The standard InChI is InChI=1S/C16H21NO2.C2H6/c1-2-7-17-8-3-4-12-9-13-11(10-14(12)17)5-6-15(18)16(13)19;1-2/h2,5-6,12,14,18-19H,1,3-4,7-10H2;1-2H3/t12-,14?;/m1./s1. The van der Waals surface area contributed by atoms with Crippen LogP contribution >= 0.6 is 0 Å². The molecular weight excluding hydrogens is 262 g/mol. The Kier molecular flexibility index (Phi) is 5.29. The van der Waals surface area contributed by atoms with Crippen molar-refractivity contribution in [2.24, 2.45) is 5.92 Å². The van der Waals surface area contributed by atoms with Gasteiger partial charge in [-0.1, -0.05) is 26.0 Å². The van der Waals surface area contributed by atoms with Crippen molar-refractivity contribution in [1.29, 1.82) is 0 Å². The molecule has 1 aliphatic carbocycles. The van der Waals surface area contributed by atoms with E-state index in [4.69, 9.17) is 0 Å². The molecular formula is C18H27NO2. The molecule has 3 heteroatoms. The summed E-state index contributed by atoms with van der Waals surface area (Å²) in [5.74, 6) is 0.696. The van der Waals surface area contributed by atoms with Gasteiger partial charge in [0.2, 0.25) is 0 Å². The van der Waals surface area contributed by atoms with E-state index in [0.717, 1.165) is 31.5 Å². The lowest BCUT2D eigenvalue weighted by Crippen LogP contribution is -2.49. The van der Waals surface area contributed by atoms with Crippen molar-refractivity contribution in [2.45, 2.75) is 45.6 Å². The number of hydrogen-bond donors (Lipinski definition) is 2. The van der Waals surface area contributed by atoms with Crippen LogP contribution in [-0.4, -0.2) is 34.2 Å². The van der Waals surface area contributed by atoms with Crippen molar-refractivity contribution < 1.29 is 10.2 Å². The molecule has 0 spiro atoms. The summed E-state index contributed by atoms with van der Waals surface area (Å²) in [5, 5.41) is 19.7. The zero-order valence-corrected chi connectivity index (χ0v) is 13.2. The van der Waals surface area contributed by atoms with Crippen LogP contribution in [-0.2, 0) is 12.8 Å². The quantitative estimate of drug-likeness (QED) is 0.647. The van der Waals surface area contributed by atoms with E-state index in [1.807, 2.05) is 26.0 Å². The lowest BCUT2D eigenvalue weighted by atomic mass is 9.75. The minimum Gasteiger partial charge on any atom is -0.504 e. The van der Waals surface area contributed by atoms with Gasteiger partial charge in [-0.05, 0) is 49.8 Å². The third kappa shape index (κ3) is 3.08. The average molecular weight is 289 g/mol. The number of piperidine rings is 1. The van der Waals surface area contributed by atoms with Gasteiger partial charge in [0.15, 0.2) is 11.5 Å². The summed E-state index contributed by atoms with van der Waals surface area (Å²) in [4.78, 5) is 2.51. The van der Waals surface area contributed by atoms with Gasteiger partial charge in [0.25, 0.3) is 0 Å². The first-order valence-corrected chi connectivity index (χ1v) is 8.08. The van der Waals surface area contributed by atoms with Crippen LogP contribution in [0.25, 0.3) is 0 Å². The fraction of sp³-hybridized carbons (Fsp3) is 0.556. The minimum atomic E-state index is 0.0101. The fourth-order valence-electron chi connectivity index (χ4n) is 3.71. The second kappa shape index (κ2) is 6.99. The molecule has 1 unspecified atom stereocenters. The van der Waals surface area contributed by atoms with E-state index in [1.54, 1.807) is 6.07 Å². The van der Waals surface area contributed by atoms with Crippen LogP contribution in [0.15, 0.2) is 24.8 Å². The number of rotatable bonds is 2. The highest BCUT2D eigenvalue weighted by molar-refractivity contribution is 5.50. The van der Waals surface area contributed by atoms with Crippen LogP contribution in [0.1, 0.15) is 37.8 Å². The first-order chi connectivity index (χ1) is 10.2. The van der Waals surface area contributed by atoms with E-state index in [9.17, 15) is 10.2 Å². The van der Waals surface area contributed by atoms with E-state index in [0.29, 0.717) is 12.0 Å². The van der Waals surface area contributed by atoms with Gasteiger partial charge >= 0.3 is 0 Å². The van der Waals surface area contributed by atoms with Gasteiger partial charge in [0.1, 0.15) is 0 Å². The van der Waals surface area contributed by atoms with Crippen LogP contribution in [0, 0.1) is 5.92 Å². The summed E-state index contributed by atoms with van der Waals surface area (Å²) in [6.07, 6.45) is 6.26. The molecule has 2 N–H and O–H groups in total. The zero-order valence-electron chi connectivity index (χ0n) is 13.2. The highest BCUT2D eigenvalue weighted by Gasteiger charge is 2.36. The summed E-state index contributed by atoms with van der Waals surface area (Å²) >= 11 is 0. The van der Waals surface area contributed by atoms with Gasteiger partial charge in [-0.2, -0.15) is 0 Å². The molecule has 0 radical (unpaired) electrons. The highest BCUT2D eigenvalue weighted by atomic mass is 16.3. The Morgan fingerprint density at radius 3 is 2.76 bits per heavy atom. The van der Waals surface area contributed by atoms with E-state index in [-0.39, 0.29) is 11.5 Å². The Morgan fingerprint density at radius 2 is 2.05 bits per heavy atom. The largest absolute Gasteiger partial charge is 0.504 e. The predicted octanol–water partition coefficient (Wildman–Crippen LogP) is 3.49. The first kappa shape index (κ1) is 15.9. The number of likely N-dealkylation sites (tertiary alicyclic amines) is 1. The number of benzene rings is 1. The number of phenolic OH excluding ortho intramolecular Hbond substituents is 2. The lowest BCUT2D eigenvalue weighted by Gasteiger charge is -2.44. The van der Waals surface area contributed by atoms with Gasteiger partial charge in [0, 0.05) is 18.2 Å².